The molecule has 94 valence electrons. The van der Waals surface area contributed by atoms with Gasteiger partial charge in [0.1, 0.15) is 5.00 Å². The predicted octanol–water partition coefficient (Wildman–Crippen LogP) is 3.71. The van der Waals surface area contributed by atoms with Crippen LogP contribution < -0.4 is 5.32 Å². The van der Waals surface area contributed by atoms with Gasteiger partial charge in [-0.3, -0.25) is 0 Å². The third-order valence-electron chi connectivity index (χ3n) is 2.61. The molecule has 2 N–H and O–H groups in total. The van der Waals surface area contributed by atoms with Crippen molar-refractivity contribution in [1.82, 2.24) is 4.98 Å². The largest absolute Gasteiger partial charge is 0.476 e. The summed E-state index contributed by atoms with van der Waals surface area (Å²) in [6.07, 6.45) is 0. The van der Waals surface area contributed by atoms with Gasteiger partial charge in [-0.25, -0.2) is 9.78 Å². The molecule has 18 heavy (non-hydrogen) atoms. The summed E-state index contributed by atoms with van der Waals surface area (Å²) in [7, 11) is 0. The first-order chi connectivity index (χ1) is 8.58. The summed E-state index contributed by atoms with van der Waals surface area (Å²) in [4.78, 5) is 14.7. The molecule has 0 radical (unpaired) electrons. The van der Waals surface area contributed by atoms with Crippen LogP contribution in [0.2, 0.25) is 0 Å². The Morgan fingerprint density at radius 2 is 2.00 bits per heavy atom. The van der Waals surface area contributed by atoms with Crippen molar-refractivity contribution < 1.29 is 9.90 Å². The van der Waals surface area contributed by atoms with E-state index in [9.17, 15) is 4.79 Å². The van der Waals surface area contributed by atoms with Gasteiger partial charge in [0.15, 0.2) is 5.69 Å². The van der Waals surface area contributed by atoms with Gasteiger partial charge in [0.05, 0.1) is 5.51 Å². The van der Waals surface area contributed by atoms with Crippen molar-refractivity contribution in [2.24, 2.45) is 0 Å². The maximum atomic E-state index is 10.9. The number of nitrogens with one attached hydrogen (secondary N) is 1. The molecule has 1 heterocycles. The molecule has 0 saturated heterocycles. The van der Waals surface area contributed by atoms with Gasteiger partial charge in [0.25, 0.3) is 0 Å². The van der Waals surface area contributed by atoms with Gasteiger partial charge in [-0.1, -0.05) is 26.0 Å². The van der Waals surface area contributed by atoms with Crippen molar-refractivity contribution >= 4 is 28.0 Å². The number of nitrogens with zero attached hydrogens (tertiary/aromatic N) is 1. The number of aromatic carboxylic acids is 1. The molecule has 0 unspecified atom stereocenters. The number of aromatic nitrogens is 1. The average Bonchev–Trinajstić information content (AvgIpc) is 2.78. The van der Waals surface area contributed by atoms with Crippen molar-refractivity contribution in [3.05, 3.63) is 41.0 Å². The second-order valence-corrected chi connectivity index (χ2v) is 5.09. The zero-order chi connectivity index (χ0) is 13.1. The first-order valence-corrected chi connectivity index (χ1v) is 6.49. The number of rotatable bonds is 4. The summed E-state index contributed by atoms with van der Waals surface area (Å²) < 4.78 is 0. The molecule has 0 aliphatic carbocycles. The maximum absolute atomic E-state index is 10.9. The van der Waals surface area contributed by atoms with E-state index in [0.717, 1.165) is 5.69 Å². The van der Waals surface area contributed by atoms with Gasteiger partial charge in [0.2, 0.25) is 0 Å². The fraction of sp³-hybridized carbons (Fsp3) is 0.231. The minimum absolute atomic E-state index is 0.0629. The van der Waals surface area contributed by atoms with Crippen LogP contribution in [-0.2, 0) is 0 Å². The second kappa shape index (κ2) is 5.18. The van der Waals surface area contributed by atoms with Crippen molar-refractivity contribution in [3.63, 3.8) is 0 Å². The van der Waals surface area contributed by atoms with Crippen molar-refractivity contribution in [1.29, 1.82) is 0 Å². The molecule has 5 heteroatoms. The van der Waals surface area contributed by atoms with E-state index in [0.29, 0.717) is 10.9 Å². The summed E-state index contributed by atoms with van der Waals surface area (Å²) in [5.74, 6) is -0.533. The van der Waals surface area contributed by atoms with Crippen molar-refractivity contribution in [2.45, 2.75) is 19.8 Å². The lowest BCUT2D eigenvalue weighted by Crippen LogP contribution is -2.01. The number of carbonyl (C=O) groups is 1. The molecular formula is C13H14N2O2S. The van der Waals surface area contributed by atoms with Crippen molar-refractivity contribution in [2.75, 3.05) is 5.32 Å². The lowest BCUT2D eigenvalue weighted by Gasteiger charge is -2.08. The van der Waals surface area contributed by atoms with E-state index in [1.54, 1.807) is 0 Å². The Morgan fingerprint density at radius 1 is 1.33 bits per heavy atom. The molecule has 0 fully saturated rings. The predicted molar refractivity (Wildman–Crippen MR) is 72.9 cm³/mol. The lowest BCUT2D eigenvalue weighted by atomic mass is 10.0. The molecule has 2 aromatic rings. The molecule has 0 amide bonds. The lowest BCUT2D eigenvalue weighted by molar-refractivity contribution is 0.0692. The van der Waals surface area contributed by atoms with Gasteiger partial charge in [-0.15, -0.1) is 11.3 Å². The smallest absolute Gasteiger partial charge is 0.357 e. The fourth-order valence-electron chi connectivity index (χ4n) is 1.57. The second-order valence-electron chi connectivity index (χ2n) is 4.24. The van der Waals surface area contributed by atoms with Gasteiger partial charge in [-0.05, 0) is 23.6 Å². The number of carboxylic acids is 1. The molecular weight excluding hydrogens is 248 g/mol. The summed E-state index contributed by atoms with van der Waals surface area (Å²) in [5.41, 5.74) is 3.70. The summed E-state index contributed by atoms with van der Waals surface area (Å²) in [5, 5.41) is 12.6. The van der Waals surface area contributed by atoms with E-state index in [1.807, 2.05) is 24.3 Å². The Labute approximate surface area is 109 Å². The van der Waals surface area contributed by atoms with Crippen LogP contribution in [-0.4, -0.2) is 16.1 Å². The van der Waals surface area contributed by atoms with E-state index >= 15 is 0 Å². The van der Waals surface area contributed by atoms with E-state index in [4.69, 9.17) is 5.11 Å². The van der Waals surface area contributed by atoms with E-state index in [1.165, 1.54) is 22.4 Å². The van der Waals surface area contributed by atoms with Crippen LogP contribution in [0.25, 0.3) is 0 Å². The number of carboxylic acid groups (broad SMARTS) is 1. The topological polar surface area (TPSA) is 62.2 Å². The van der Waals surface area contributed by atoms with Crippen LogP contribution >= 0.6 is 11.3 Å². The van der Waals surface area contributed by atoms with Crippen LogP contribution in [0.4, 0.5) is 10.7 Å². The first-order valence-electron chi connectivity index (χ1n) is 5.61. The van der Waals surface area contributed by atoms with E-state index < -0.39 is 5.97 Å². The number of benzene rings is 1. The van der Waals surface area contributed by atoms with E-state index in [-0.39, 0.29) is 5.69 Å². The highest BCUT2D eigenvalue weighted by Gasteiger charge is 2.13. The summed E-state index contributed by atoms with van der Waals surface area (Å²) >= 11 is 1.28. The molecule has 4 nitrogen and oxygen atoms in total. The average molecular weight is 262 g/mol. The third-order valence-corrected chi connectivity index (χ3v) is 3.35. The van der Waals surface area contributed by atoms with Crippen LogP contribution in [0, 0.1) is 0 Å². The zero-order valence-corrected chi connectivity index (χ0v) is 11.0. The molecule has 0 atom stereocenters. The fourth-order valence-corrected chi connectivity index (χ4v) is 2.26. The minimum atomic E-state index is -1.02. The number of thiazole rings is 1. The quantitative estimate of drug-likeness (QED) is 0.881. The van der Waals surface area contributed by atoms with Gasteiger partial charge < -0.3 is 10.4 Å². The Balaban J connectivity index is 2.18. The minimum Gasteiger partial charge on any atom is -0.476 e. The highest BCUT2D eigenvalue weighted by molar-refractivity contribution is 7.14. The van der Waals surface area contributed by atoms with Crippen LogP contribution in [0.1, 0.15) is 35.8 Å². The molecule has 0 bridgehead atoms. The SMILES string of the molecule is CC(C)c1ccc(Nc2scnc2C(=O)O)cc1. The van der Waals surface area contributed by atoms with Crippen LogP contribution in [0.3, 0.4) is 0 Å². The van der Waals surface area contributed by atoms with E-state index in [2.05, 4.69) is 24.1 Å². The zero-order valence-electron chi connectivity index (χ0n) is 10.2. The first kappa shape index (κ1) is 12.6. The maximum Gasteiger partial charge on any atom is 0.357 e. The van der Waals surface area contributed by atoms with Crippen LogP contribution in [0.15, 0.2) is 29.8 Å². The Hall–Kier alpha value is -1.88. The molecule has 0 aliphatic rings. The standard InChI is InChI=1S/C13H14N2O2S/c1-8(2)9-3-5-10(6-4-9)15-12-11(13(16)17)14-7-18-12/h3-8,15H,1-2H3,(H,16,17). The molecule has 1 aromatic heterocycles. The van der Waals surface area contributed by atoms with Gasteiger partial charge >= 0.3 is 5.97 Å². The number of hydrogen-bond acceptors (Lipinski definition) is 4. The number of anilines is 2. The summed E-state index contributed by atoms with van der Waals surface area (Å²) in [6, 6.07) is 7.96. The molecule has 1 aromatic carbocycles. The summed E-state index contributed by atoms with van der Waals surface area (Å²) in [6.45, 7) is 4.27. The molecule has 2 rings (SSSR count). The normalized spacial score (nSPS) is 10.6. The third kappa shape index (κ3) is 2.68. The monoisotopic (exact) mass is 262 g/mol. The molecule has 0 spiro atoms. The van der Waals surface area contributed by atoms with Gasteiger partial charge in [-0.2, -0.15) is 0 Å². The highest BCUT2D eigenvalue weighted by Crippen LogP contribution is 2.26. The Kier molecular flexibility index (Phi) is 3.62. The van der Waals surface area contributed by atoms with Crippen molar-refractivity contribution in [3.8, 4) is 0 Å². The highest BCUT2D eigenvalue weighted by atomic mass is 32.1. The molecule has 0 aliphatic heterocycles. The van der Waals surface area contributed by atoms with Gasteiger partial charge in [0, 0.05) is 5.69 Å². The molecule has 0 saturated carbocycles. The number of hydrogen-bond donors (Lipinski definition) is 2. The Bertz CT molecular complexity index is 546. The van der Waals surface area contributed by atoms with Crippen LogP contribution in [0.5, 0.6) is 0 Å². The Morgan fingerprint density at radius 3 is 2.56 bits per heavy atom.